The minimum atomic E-state index is -0.417. The highest BCUT2D eigenvalue weighted by atomic mass is 16.5. The Hall–Kier alpha value is -4.73. The molecule has 0 spiro atoms. The molecule has 176 valence electrons. The maximum atomic E-state index is 13.1. The van der Waals surface area contributed by atoms with Crippen LogP contribution >= 0.6 is 0 Å². The van der Waals surface area contributed by atoms with E-state index in [0.717, 1.165) is 33.5 Å². The molecule has 0 fully saturated rings. The number of amides is 1. The molecular formula is C25H23N7O3. The van der Waals surface area contributed by atoms with Gasteiger partial charge in [0, 0.05) is 30.9 Å². The van der Waals surface area contributed by atoms with E-state index >= 15 is 0 Å². The average molecular weight is 470 g/mol. The molecule has 10 heteroatoms. The SMILES string of the molecule is COc1cc(-n2cnc3cc(-c4cnn(C)c4)ccc32)cc(OC)c1C(=O)Nc1cnc(C)cn1. The number of ether oxygens (including phenoxy) is 2. The van der Waals surface area contributed by atoms with E-state index in [0.29, 0.717) is 17.3 Å². The predicted octanol–water partition coefficient (Wildman–Crippen LogP) is 3.79. The molecule has 5 rings (SSSR count). The van der Waals surface area contributed by atoms with E-state index in [2.05, 4.69) is 25.4 Å². The van der Waals surface area contributed by atoms with E-state index in [1.807, 2.05) is 49.1 Å². The molecule has 3 aromatic heterocycles. The standard InChI is InChI=1S/C25H23N7O3/c1-15-10-27-23(12-26-15)30-25(33)24-21(34-3)8-18(9-22(24)35-4)32-14-28-19-7-16(5-6-20(19)32)17-11-29-31(2)13-17/h5-14H,1-4H3,(H,27,30,33). The van der Waals surface area contributed by atoms with Gasteiger partial charge in [0.2, 0.25) is 0 Å². The maximum Gasteiger partial charge on any atom is 0.264 e. The number of methoxy groups -OCH3 is 2. The second-order valence-corrected chi connectivity index (χ2v) is 7.94. The van der Waals surface area contributed by atoms with E-state index in [-0.39, 0.29) is 5.56 Å². The molecule has 0 aliphatic rings. The lowest BCUT2D eigenvalue weighted by Crippen LogP contribution is -2.16. The van der Waals surface area contributed by atoms with Crippen molar-refractivity contribution < 1.29 is 14.3 Å². The molecule has 3 heterocycles. The summed E-state index contributed by atoms with van der Waals surface area (Å²) in [6.07, 6.45) is 8.59. The number of carbonyl (C=O) groups excluding carboxylic acids is 1. The Bertz CT molecular complexity index is 1510. The number of hydrogen-bond donors (Lipinski definition) is 1. The van der Waals surface area contributed by atoms with Crippen molar-refractivity contribution in [3.63, 3.8) is 0 Å². The number of hydrogen-bond acceptors (Lipinski definition) is 7. The molecule has 0 saturated carbocycles. The average Bonchev–Trinajstić information content (AvgIpc) is 3.50. The van der Waals surface area contributed by atoms with Crippen LogP contribution < -0.4 is 14.8 Å². The van der Waals surface area contributed by atoms with Crippen LogP contribution in [0.2, 0.25) is 0 Å². The summed E-state index contributed by atoms with van der Waals surface area (Å²) in [5.41, 5.74) is 5.50. The van der Waals surface area contributed by atoms with Gasteiger partial charge >= 0.3 is 0 Å². The highest BCUT2D eigenvalue weighted by molar-refractivity contribution is 6.08. The Morgan fingerprint density at radius 2 is 1.71 bits per heavy atom. The first-order valence-corrected chi connectivity index (χ1v) is 10.8. The number of aromatic nitrogens is 6. The van der Waals surface area contributed by atoms with E-state index in [1.165, 1.54) is 20.4 Å². The lowest BCUT2D eigenvalue weighted by molar-refractivity contribution is 0.102. The van der Waals surface area contributed by atoms with Crippen LogP contribution in [0.25, 0.3) is 27.8 Å². The third kappa shape index (κ3) is 4.17. The fraction of sp³-hybridized carbons (Fsp3) is 0.160. The fourth-order valence-corrected chi connectivity index (χ4v) is 3.87. The molecule has 2 aromatic carbocycles. The van der Waals surface area contributed by atoms with Crippen molar-refractivity contribution >= 4 is 22.8 Å². The van der Waals surface area contributed by atoms with E-state index in [4.69, 9.17) is 9.47 Å². The van der Waals surface area contributed by atoms with Crippen molar-refractivity contribution in [2.24, 2.45) is 7.05 Å². The zero-order chi connectivity index (χ0) is 24.5. The van der Waals surface area contributed by atoms with Crippen LogP contribution in [0.4, 0.5) is 5.82 Å². The Kier molecular flexibility index (Phi) is 5.61. The summed E-state index contributed by atoms with van der Waals surface area (Å²) in [6.45, 7) is 1.82. The largest absolute Gasteiger partial charge is 0.496 e. The smallest absolute Gasteiger partial charge is 0.264 e. The number of carbonyl (C=O) groups is 1. The van der Waals surface area contributed by atoms with Crippen molar-refractivity contribution in [3.8, 4) is 28.3 Å². The summed E-state index contributed by atoms with van der Waals surface area (Å²) in [5, 5.41) is 6.98. The second kappa shape index (κ2) is 8.90. The van der Waals surface area contributed by atoms with Gasteiger partial charge in [0.25, 0.3) is 5.91 Å². The number of anilines is 1. The summed E-state index contributed by atoms with van der Waals surface area (Å²) in [5.74, 6) is 0.621. The molecule has 0 unspecified atom stereocenters. The van der Waals surface area contributed by atoms with Gasteiger partial charge in [-0.15, -0.1) is 0 Å². The van der Waals surface area contributed by atoms with Gasteiger partial charge in [0.15, 0.2) is 5.82 Å². The lowest BCUT2D eigenvalue weighted by atomic mass is 10.1. The number of aryl methyl sites for hydroxylation is 2. The number of rotatable bonds is 6. The zero-order valence-corrected chi connectivity index (χ0v) is 19.7. The number of imidazole rings is 1. The van der Waals surface area contributed by atoms with Crippen LogP contribution in [0.1, 0.15) is 16.1 Å². The van der Waals surface area contributed by atoms with Crippen LogP contribution in [0.15, 0.2) is 61.4 Å². The topological polar surface area (TPSA) is 109 Å². The Labute approximate surface area is 201 Å². The fourth-order valence-electron chi connectivity index (χ4n) is 3.87. The molecule has 5 aromatic rings. The number of fused-ring (bicyclic) bond motifs is 1. The van der Waals surface area contributed by atoms with Crippen LogP contribution in [0, 0.1) is 6.92 Å². The zero-order valence-electron chi connectivity index (χ0n) is 19.7. The summed E-state index contributed by atoms with van der Waals surface area (Å²) in [6, 6.07) is 9.58. The summed E-state index contributed by atoms with van der Waals surface area (Å²) >= 11 is 0. The lowest BCUT2D eigenvalue weighted by Gasteiger charge is -2.16. The molecule has 1 N–H and O–H groups in total. The third-order valence-corrected chi connectivity index (χ3v) is 5.60. The van der Waals surface area contributed by atoms with Gasteiger partial charge in [-0.3, -0.25) is 19.0 Å². The number of nitrogens with one attached hydrogen (secondary N) is 1. The molecule has 35 heavy (non-hydrogen) atoms. The first kappa shape index (κ1) is 22.1. The van der Waals surface area contributed by atoms with Gasteiger partial charge < -0.3 is 14.8 Å². The van der Waals surface area contributed by atoms with Crippen molar-refractivity contribution in [1.82, 2.24) is 29.3 Å². The predicted molar refractivity (Wildman–Crippen MR) is 131 cm³/mol. The van der Waals surface area contributed by atoms with Crippen molar-refractivity contribution in [1.29, 1.82) is 0 Å². The summed E-state index contributed by atoms with van der Waals surface area (Å²) in [7, 11) is 4.90. The highest BCUT2D eigenvalue weighted by Gasteiger charge is 2.22. The van der Waals surface area contributed by atoms with Crippen molar-refractivity contribution in [3.05, 3.63) is 72.7 Å². The van der Waals surface area contributed by atoms with Crippen LogP contribution in [-0.4, -0.2) is 49.4 Å². The minimum Gasteiger partial charge on any atom is -0.496 e. The normalized spacial score (nSPS) is 11.0. The van der Waals surface area contributed by atoms with Crippen molar-refractivity contribution in [2.45, 2.75) is 6.92 Å². The Balaban J connectivity index is 1.53. The Morgan fingerprint density at radius 3 is 2.34 bits per heavy atom. The highest BCUT2D eigenvalue weighted by Crippen LogP contribution is 2.34. The van der Waals surface area contributed by atoms with E-state index in [1.54, 1.807) is 29.3 Å². The molecule has 0 bridgehead atoms. The van der Waals surface area contributed by atoms with Crippen LogP contribution in [0.5, 0.6) is 11.5 Å². The van der Waals surface area contributed by atoms with Gasteiger partial charge in [-0.1, -0.05) is 6.07 Å². The first-order valence-electron chi connectivity index (χ1n) is 10.8. The van der Waals surface area contributed by atoms with Crippen molar-refractivity contribution in [2.75, 3.05) is 19.5 Å². The first-order chi connectivity index (χ1) is 17.0. The van der Waals surface area contributed by atoms with Crippen LogP contribution in [-0.2, 0) is 7.05 Å². The second-order valence-electron chi connectivity index (χ2n) is 7.94. The van der Waals surface area contributed by atoms with Gasteiger partial charge in [0.1, 0.15) is 23.4 Å². The Morgan fingerprint density at radius 1 is 0.943 bits per heavy atom. The van der Waals surface area contributed by atoms with Gasteiger partial charge in [0.05, 0.1) is 55.2 Å². The van der Waals surface area contributed by atoms with Gasteiger partial charge in [-0.2, -0.15) is 5.10 Å². The summed E-state index contributed by atoms with van der Waals surface area (Å²) in [4.78, 5) is 26.0. The molecule has 0 atom stereocenters. The molecule has 10 nitrogen and oxygen atoms in total. The molecular weight excluding hydrogens is 446 g/mol. The molecule has 0 saturated heterocycles. The van der Waals surface area contributed by atoms with Gasteiger partial charge in [-0.05, 0) is 24.6 Å². The summed E-state index contributed by atoms with van der Waals surface area (Å²) < 4.78 is 14.8. The number of benzene rings is 2. The third-order valence-electron chi connectivity index (χ3n) is 5.60. The molecule has 0 radical (unpaired) electrons. The molecule has 1 amide bonds. The van der Waals surface area contributed by atoms with E-state index < -0.39 is 5.91 Å². The monoisotopic (exact) mass is 469 g/mol. The molecule has 0 aliphatic carbocycles. The maximum absolute atomic E-state index is 13.1. The van der Waals surface area contributed by atoms with E-state index in [9.17, 15) is 4.79 Å². The number of nitrogens with zero attached hydrogens (tertiary/aromatic N) is 6. The minimum absolute atomic E-state index is 0.254. The van der Waals surface area contributed by atoms with Crippen LogP contribution in [0.3, 0.4) is 0 Å². The quantitative estimate of drug-likeness (QED) is 0.403. The van der Waals surface area contributed by atoms with Gasteiger partial charge in [-0.25, -0.2) is 9.97 Å². The molecule has 0 aliphatic heterocycles.